The predicted molar refractivity (Wildman–Crippen MR) is 76.0 cm³/mol. The van der Waals surface area contributed by atoms with E-state index in [1.54, 1.807) is 12.7 Å². The molecule has 0 spiro atoms. The van der Waals surface area contributed by atoms with Crippen LogP contribution in [0.3, 0.4) is 0 Å². The Balaban J connectivity index is 1.69. The van der Waals surface area contributed by atoms with Gasteiger partial charge in [-0.3, -0.25) is 9.58 Å². The topological polar surface area (TPSA) is 51.8 Å². The molecule has 6 nitrogen and oxygen atoms in total. The molecule has 108 valence electrons. The number of likely N-dealkylation sites (tertiary alicyclic amines) is 1. The molecular formula is C14H22N6. The highest BCUT2D eigenvalue weighted by atomic mass is 15.3. The molecule has 1 aliphatic rings. The smallest absolute Gasteiger partial charge is 0.137 e. The lowest BCUT2D eigenvalue weighted by Gasteiger charge is -2.35. The summed E-state index contributed by atoms with van der Waals surface area (Å²) in [7, 11) is 0. The number of aryl methyl sites for hydroxylation is 1. The van der Waals surface area contributed by atoms with Gasteiger partial charge in [0, 0.05) is 25.0 Å². The molecule has 0 radical (unpaired) electrons. The van der Waals surface area contributed by atoms with Crippen molar-refractivity contribution in [3.05, 3.63) is 30.9 Å². The van der Waals surface area contributed by atoms with Crippen LogP contribution in [0.1, 0.15) is 32.0 Å². The van der Waals surface area contributed by atoms with Gasteiger partial charge in [0.05, 0.1) is 13.1 Å². The molecular weight excluding hydrogens is 252 g/mol. The van der Waals surface area contributed by atoms with E-state index in [0.717, 1.165) is 32.0 Å². The van der Waals surface area contributed by atoms with Crippen LogP contribution < -0.4 is 0 Å². The van der Waals surface area contributed by atoms with Crippen molar-refractivity contribution in [2.24, 2.45) is 0 Å². The average molecular weight is 274 g/mol. The van der Waals surface area contributed by atoms with Gasteiger partial charge < -0.3 is 4.57 Å². The molecule has 1 saturated heterocycles. The largest absolute Gasteiger partial charge is 0.334 e. The number of hydrogen-bond acceptors (Lipinski definition) is 4. The minimum atomic E-state index is 0.535. The van der Waals surface area contributed by atoms with Crippen LogP contribution in [0.25, 0.3) is 0 Å². The van der Waals surface area contributed by atoms with Gasteiger partial charge in [0.2, 0.25) is 0 Å². The van der Waals surface area contributed by atoms with Crippen molar-refractivity contribution in [2.45, 2.75) is 51.9 Å². The van der Waals surface area contributed by atoms with Gasteiger partial charge >= 0.3 is 0 Å². The molecule has 1 aliphatic heterocycles. The maximum atomic E-state index is 4.50. The lowest BCUT2D eigenvalue weighted by Crippen LogP contribution is -2.42. The maximum Gasteiger partial charge on any atom is 0.137 e. The fourth-order valence-corrected chi connectivity index (χ4v) is 2.98. The number of imidazole rings is 1. The van der Waals surface area contributed by atoms with E-state index in [-0.39, 0.29) is 0 Å². The van der Waals surface area contributed by atoms with Gasteiger partial charge in [0.15, 0.2) is 0 Å². The summed E-state index contributed by atoms with van der Waals surface area (Å²) in [5.74, 6) is 1.16. The molecule has 20 heavy (non-hydrogen) atoms. The predicted octanol–water partition coefficient (Wildman–Crippen LogP) is 1.55. The van der Waals surface area contributed by atoms with E-state index in [4.69, 9.17) is 0 Å². The molecule has 3 heterocycles. The Bertz CT molecular complexity index is 518. The summed E-state index contributed by atoms with van der Waals surface area (Å²) in [4.78, 5) is 11.1. The van der Waals surface area contributed by atoms with Crippen LogP contribution in [0.15, 0.2) is 25.0 Å². The van der Waals surface area contributed by atoms with Crippen molar-refractivity contribution in [3.8, 4) is 0 Å². The summed E-state index contributed by atoms with van der Waals surface area (Å²) in [5, 5.41) is 4.23. The second kappa shape index (κ2) is 6.17. The fraction of sp³-hybridized carbons (Fsp3) is 0.643. The first-order chi connectivity index (χ1) is 9.86. The first-order valence-electron chi connectivity index (χ1n) is 7.43. The summed E-state index contributed by atoms with van der Waals surface area (Å²) >= 11 is 0. The lowest BCUT2D eigenvalue weighted by atomic mass is 10.0. The molecule has 1 atom stereocenters. The second-order valence-electron chi connectivity index (χ2n) is 5.37. The van der Waals surface area contributed by atoms with E-state index in [1.807, 2.05) is 10.9 Å². The number of hydrogen-bond donors (Lipinski definition) is 0. The molecule has 0 amide bonds. The molecule has 0 aliphatic carbocycles. The minimum absolute atomic E-state index is 0.535. The Morgan fingerprint density at radius 1 is 1.35 bits per heavy atom. The minimum Gasteiger partial charge on any atom is -0.334 e. The third-order valence-corrected chi connectivity index (χ3v) is 4.10. The molecule has 0 aromatic carbocycles. The first kappa shape index (κ1) is 13.3. The number of nitrogens with zero attached hydrogens (tertiary/aromatic N) is 6. The quantitative estimate of drug-likeness (QED) is 0.830. The van der Waals surface area contributed by atoms with Crippen LogP contribution in [-0.2, 0) is 19.6 Å². The SMILES string of the molecule is CCn1ccnc1CN1CCCCC1Cn1cncn1. The highest BCUT2D eigenvalue weighted by molar-refractivity contribution is 4.93. The van der Waals surface area contributed by atoms with Crippen molar-refractivity contribution in [1.29, 1.82) is 0 Å². The first-order valence-corrected chi connectivity index (χ1v) is 7.43. The van der Waals surface area contributed by atoms with Crippen LogP contribution in [-0.4, -0.2) is 41.8 Å². The molecule has 0 saturated carbocycles. The van der Waals surface area contributed by atoms with Gasteiger partial charge in [-0.05, 0) is 26.3 Å². The van der Waals surface area contributed by atoms with Crippen molar-refractivity contribution in [2.75, 3.05) is 6.54 Å². The maximum absolute atomic E-state index is 4.50. The Kier molecular flexibility index (Phi) is 4.11. The van der Waals surface area contributed by atoms with Crippen molar-refractivity contribution < 1.29 is 0 Å². The Hall–Kier alpha value is -1.69. The van der Waals surface area contributed by atoms with E-state index in [2.05, 4.69) is 37.7 Å². The van der Waals surface area contributed by atoms with Gasteiger partial charge in [-0.1, -0.05) is 6.42 Å². The van der Waals surface area contributed by atoms with E-state index in [0.29, 0.717) is 6.04 Å². The molecule has 2 aromatic heterocycles. The molecule has 0 bridgehead atoms. The zero-order chi connectivity index (χ0) is 13.8. The zero-order valence-electron chi connectivity index (χ0n) is 12.0. The van der Waals surface area contributed by atoms with Gasteiger partial charge in [0.1, 0.15) is 18.5 Å². The average Bonchev–Trinajstić information content (AvgIpc) is 3.12. The van der Waals surface area contributed by atoms with Crippen LogP contribution in [0, 0.1) is 0 Å². The van der Waals surface area contributed by atoms with Gasteiger partial charge in [-0.2, -0.15) is 5.10 Å². The lowest BCUT2D eigenvalue weighted by molar-refractivity contribution is 0.117. The summed E-state index contributed by atoms with van der Waals surface area (Å²) < 4.78 is 4.16. The summed E-state index contributed by atoms with van der Waals surface area (Å²) in [6.07, 6.45) is 11.2. The second-order valence-corrected chi connectivity index (χ2v) is 5.37. The van der Waals surface area contributed by atoms with E-state index in [1.165, 1.54) is 19.3 Å². The van der Waals surface area contributed by atoms with E-state index >= 15 is 0 Å². The van der Waals surface area contributed by atoms with Gasteiger partial charge in [-0.25, -0.2) is 9.97 Å². The fourth-order valence-electron chi connectivity index (χ4n) is 2.98. The molecule has 6 heteroatoms. The van der Waals surface area contributed by atoms with Crippen LogP contribution >= 0.6 is 0 Å². The van der Waals surface area contributed by atoms with Crippen LogP contribution in [0.4, 0.5) is 0 Å². The van der Waals surface area contributed by atoms with E-state index < -0.39 is 0 Å². The standard InChI is InChI=1S/C14H22N6/c1-2-18-8-6-16-14(18)10-19-7-4-3-5-13(19)9-20-12-15-11-17-20/h6,8,11-13H,2-5,7,9-10H2,1H3. The van der Waals surface area contributed by atoms with Crippen molar-refractivity contribution in [3.63, 3.8) is 0 Å². The molecule has 1 fully saturated rings. The Morgan fingerprint density at radius 2 is 2.30 bits per heavy atom. The zero-order valence-corrected chi connectivity index (χ0v) is 12.0. The Labute approximate surface area is 119 Å². The van der Waals surface area contributed by atoms with Crippen molar-refractivity contribution in [1.82, 2.24) is 29.2 Å². The summed E-state index contributed by atoms with van der Waals surface area (Å²) in [6, 6.07) is 0.535. The van der Waals surface area contributed by atoms with Gasteiger partial charge in [0.25, 0.3) is 0 Å². The van der Waals surface area contributed by atoms with Crippen LogP contribution in [0.5, 0.6) is 0 Å². The highest BCUT2D eigenvalue weighted by Gasteiger charge is 2.24. The molecule has 1 unspecified atom stereocenters. The Morgan fingerprint density at radius 3 is 3.10 bits per heavy atom. The summed E-state index contributed by atoms with van der Waals surface area (Å²) in [5.41, 5.74) is 0. The number of aromatic nitrogens is 5. The van der Waals surface area contributed by atoms with E-state index in [9.17, 15) is 0 Å². The van der Waals surface area contributed by atoms with Crippen LogP contribution in [0.2, 0.25) is 0 Å². The summed E-state index contributed by atoms with van der Waals surface area (Å²) in [6.45, 7) is 6.15. The highest BCUT2D eigenvalue weighted by Crippen LogP contribution is 2.20. The third-order valence-electron chi connectivity index (χ3n) is 4.10. The molecule has 3 rings (SSSR count). The monoisotopic (exact) mass is 274 g/mol. The molecule has 2 aromatic rings. The molecule has 0 N–H and O–H groups in total. The third kappa shape index (κ3) is 2.90. The van der Waals surface area contributed by atoms with Crippen molar-refractivity contribution >= 4 is 0 Å². The number of piperidine rings is 1. The number of rotatable bonds is 5. The normalized spacial score (nSPS) is 20.4. The van der Waals surface area contributed by atoms with Gasteiger partial charge in [-0.15, -0.1) is 0 Å².